The number of halogens is 1. The minimum absolute atomic E-state index is 0.105. The zero-order chi connectivity index (χ0) is 21.1. The number of rotatable bonds is 5. The van der Waals surface area contributed by atoms with E-state index in [1.54, 1.807) is 37.2 Å². The first-order valence-electron chi connectivity index (χ1n) is 9.06. The predicted molar refractivity (Wildman–Crippen MR) is 114 cm³/mol. The largest absolute Gasteiger partial charge is 0.495 e. The van der Waals surface area contributed by atoms with Crippen LogP contribution in [0.15, 0.2) is 46.9 Å². The highest BCUT2D eigenvalue weighted by atomic mass is 79.9. The number of amides is 3. The van der Waals surface area contributed by atoms with Gasteiger partial charge in [0.25, 0.3) is 5.91 Å². The van der Waals surface area contributed by atoms with Crippen LogP contribution < -0.4 is 15.0 Å². The summed E-state index contributed by atoms with van der Waals surface area (Å²) in [6, 6.07) is 12.3. The normalized spacial score (nSPS) is 15.9. The van der Waals surface area contributed by atoms with Gasteiger partial charge in [-0.1, -0.05) is 22.0 Å². The molecule has 1 atom stereocenters. The number of hydrogen-bond donors (Lipinski definition) is 1. The Morgan fingerprint density at radius 3 is 2.62 bits per heavy atom. The Labute approximate surface area is 177 Å². The zero-order valence-corrected chi connectivity index (χ0v) is 18.0. The number of carbonyl (C=O) groups is 3. The van der Waals surface area contributed by atoms with Gasteiger partial charge in [-0.05, 0) is 36.4 Å². The molecule has 1 N–H and O–H groups in total. The van der Waals surface area contributed by atoms with E-state index in [-0.39, 0.29) is 24.1 Å². The molecule has 3 amide bonds. The fourth-order valence-corrected chi connectivity index (χ4v) is 3.60. The quantitative estimate of drug-likeness (QED) is 0.744. The molecule has 1 saturated heterocycles. The monoisotopic (exact) mass is 459 g/mol. The van der Waals surface area contributed by atoms with Gasteiger partial charge in [-0.2, -0.15) is 0 Å². The molecular formula is C21H22BrN3O4. The molecule has 2 aromatic rings. The van der Waals surface area contributed by atoms with E-state index >= 15 is 0 Å². The van der Waals surface area contributed by atoms with Crippen LogP contribution >= 0.6 is 15.9 Å². The van der Waals surface area contributed by atoms with Gasteiger partial charge in [-0.25, -0.2) is 0 Å². The lowest BCUT2D eigenvalue weighted by atomic mass is 10.1. The van der Waals surface area contributed by atoms with Gasteiger partial charge in [0.05, 0.1) is 18.7 Å². The third-order valence-electron chi connectivity index (χ3n) is 4.73. The highest BCUT2D eigenvalue weighted by molar-refractivity contribution is 9.10. The Morgan fingerprint density at radius 2 is 1.97 bits per heavy atom. The number of ether oxygens (including phenoxy) is 1. The fraction of sp³-hybridized carbons (Fsp3) is 0.286. The van der Waals surface area contributed by atoms with Crippen LogP contribution in [0.25, 0.3) is 0 Å². The Bertz CT molecular complexity index is 961. The molecular weight excluding hydrogens is 438 g/mol. The van der Waals surface area contributed by atoms with Crippen molar-refractivity contribution >= 4 is 45.0 Å². The first kappa shape index (κ1) is 20.9. The Kier molecular flexibility index (Phi) is 6.22. The summed E-state index contributed by atoms with van der Waals surface area (Å²) in [5.74, 6) is -0.628. The second-order valence-electron chi connectivity index (χ2n) is 6.99. The lowest BCUT2D eigenvalue weighted by Crippen LogP contribution is -2.28. The summed E-state index contributed by atoms with van der Waals surface area (Å²) in [7, 11) is 4.81. The van der Waals surface area contributed by atoms with E-state index in [1.165, 1.54) is 12.0 Å². The third kappa shape index (κ3) is 4.59. The van der Waals surface area contributed by atoms with Crippen molar-refractivity contribution in [2.45, 2.75) is 6.42 Å². The maximum atomic E-state index is 12.8. The molecule has 1 aliphatic heterocycles. The van der Waals surface area contributed by atoms with Gasteiger partial charge in [0, 0.05) is 42.8 Å². The van der Waals surface area contributed by atoms with Crippen LogP contribution in [-0.4, -0.2) is 50.4 Å². The summed E-state index contributed by atoms with van der Waals surface area (Å²) >= 11 is 3.40. The van der Waals surface area contributed by atoms with E-state index < -0.39 is 5.92 Å². The molecule has 1 fully saturated rings. The van der Waals surface area contributed by atoms with Gasteiger partial charge in [0.15, 0.2) is 0 Å². The van der Waals surface area contributed by atoms with Gasteiger partial charge in [0.1, 0.15) is 5.75 Å². The predicted octanol–water partition coefficient (Wildman–Crippen LogP) is 3.15. The molecule has 2 aromatic carbocycles. The van der Waals surface area contributed by atoms with Crippen LogP contribution in [0.1, 0.15) is 16.8 Å². The van der Waals surface area contributed by atoms with Gasteiger partial charge < -0.3 is 19.9 Å². The minimum atomic E-state index is -0.501. The van der Waals surface area contributed by atoms with Crippen molar-refractivity contribution in [2.75, 3.05) is 38.0 Å². The molecule has 0 aromatic heterocycles. The first-order valence-corrected chi connectivity index (χ1v) is 9.86. The summed E-state index contributed by atoms with van der Waals surface area (Å²) in [6.07, 6.45) is 0.122. The molecule has 8 heteroatoms. The van der Waals surface area contributed by atoms with Crippen LogP contribution in [0.3, 0.4) is 0 Å². The van der Waals surface area contributed by atoms with E-state index in [1.807, 2.05) is 24.3 Å². The molecule has 0 spiro atoms. The van der Waals surface area contributed by atoms with Crippen LogP contribution in [0.5, 0.6) is 5.75 Å². The SMILES string of the molecule is COc1ccc(C(=O)N(C)C)cc1NC(=O)C1CC(=O)N(c2cccc(Br)c2)C1. The van der Waals surface area contributed by atoms with Crippen LogP contribution in [0.4, 0.5) is 11.4 Å². The zero-order valence-electron chi connectivity index (χ0n) is 16.4. The van der Waals surface area contributed by atoms with Gasteiger partial charge >= 0.3 is 0 Å². The molecule has 152 valence electrons. The highest BCUT2D eigenvalue weighted by Gasteiger charge is 2.35. The molecule has 3 rings (SSSR count). The van der Waals surface area contributed by atoms with E-state index in [0.717, 1.165) is 10.2 Å². The number of nitrogens with zero attached hydrogens (tertiary/aromatic N) is 2. The van der Waals surface area contributed by atoms with Crippen molar-refractivity contribution in [3.8, 4) is 5.75 Å². The average molecular weight is 460 g/mol. The Balaban J connectivity index is 1.77. The van der Waals surface area contributed by atoms with Crippen LogP contribution in [-0.2, 0) is 9.59 Å². The molecule has 1 aliphatic rings. The van der Waals surface area contributed by atoms with Crippen LogP contribution in [0, 0.1) is 5.92 Å². The van der Waals surface area contributed by atoms with Gasteiger partial charge in [-0.15, -0.1) is 0 Å². The molecule has 0 bridgehead atoms. The van der Waals surface area contributed by atoms with Crippen molar-refractivity contribution < 1.29 is 19.1 Å². The van der Waals surface area contributed by atoms with E-state index in [2.05, 4.69) is 21.2 Å². The van der Waals surface area contributed by atoms with E-state index in [0.29, 0.717) is 23.5 Å². The van der Waals surface area contributed by atoms with E-state index in [9.17, 15) is 14.4 Å². The second kappa shape index (κ2) is 8.65. The van der Waals surface area contributed by atoms with E-state index in [4.69, 9.17) is 4.74 Å². The van der Waals surface area contributed by atoms with Gasteiger partial charge in [0.2, 0.25) is 11.8 Å². The smallest absolute Gasteiger partial charge is 0.253 e. The highest BCUT2D eigenvalue weighted by Crippen LogP contribution is 2.30. The number of anilines is 2. The molecule has 0 aliphatic carbocycles. The van der Waals surface area contributed by atoms with Crippen molar-refractivity contribution in [1.82, 2.24) is 4.90 Å². The average Bonchev–Trinajstić information content (AvgIpc) is 3.09. The number of methoxy groups -OCH3 is 1. The first-order chi connectivity index (χ1) is 13.8. The van der Waals surface area contributed by atoms with Crippen molar-refractivity contribution in [3.05, 3.63) is 52.5 Å². The molecule has 29 heavy (non-hydrogen) atoms. The number of hydrogen-bond acceptors (Lipinski definition) is 4. The standard InChI is InChI=1S/C21H22BrN3O4/c1-24(2)21(28)13-7-8-18(29-3)17(9-13)23-20(27)14-10-19(26)25(12-14)16-6-4-5-15(22)11-16/h4-9,11,14H,10,12H2,1-3H3,(H,23,27). The Hall–Kier alpha value is -2.87. The number of benzene rings is 2. The lowest BCUT2D eigenvalue weighted by molar-refractivity contribution is -0.122. The maximum absolute atomic E-state index is 12.8. The summed E-state index contributed by atoms with van der Waals surface area (Å²) in [4.78, 5) is 40.6. The molecule has 1 heterocycles. The summed E-state index contributed by atoms with van der Waals surface area (Å²) in [5.41, 5.74) is 1.58. The summed E-state index contributed by atoms with van der Waals surface area (Å²) < 4.78 is 6.17. The molecule has 1 unspecified atom stereocenters. The Morgan fingerprint density at radius 1 is 1.21 bits per heavy atom. The third-order valence-corrected chi connectivity index (χ3v) is 5.22. The minimum Gasteiger partial charge on any atom is -0.495 e. The molecule has 7 nitrogen and oxygen atoms in total. The fourth-order valence-electron chi connectivity index (χ4n) is 3.21. The second-order valence-corrected chi connectivity index (χ2v) is 7.90. The number of nitrogens with one attached hydrogen (secondary N) is 1. The lowest BCUT2D eigenvalue weighted by Gasteiger charge is -2.18. The van der Waals surface area contributed by atoms with Crippen molar-refractivity contribution in [2.24, 2.45) is 5.92 Å². The topological polar surface area (TPSA) is 79.0 Å². The van der Waals surface area contributed by atoms with Crippen molar-refractivity contribution in [1.29, 1.82) is 0 Å². The molecule has 0 saturated carbocycles. The van der Waals surface area contributed by atoms with Crippen molar-refractivity contribution in [3.63, 3.8) is 0 Å². The maximum Gasteiger partial charge on any atom is 0.253 e. The molecule has 0 radical (unpaired) electrons. The summed E-state index contributed by atoms with van der Waals surface area (Å²) in [6.45, 7) is 0.291. The van der Waals surface area contributed by atoms with Gasteiger partial charge in [-0.3, -0.25) is 14.4 Å². The number of carbonyl (C=O) groups excluding carboxylic acids is 3. The van der Waals surface area contributed by atoms with Crippen LogP contribution in [0.2, 0.25) is 0 Å². The summed E-state index contributed by atoms with van der Waals surface area (Å²) in [5, 5.41) is 2.82.